The number of aliphatic imine (C=N–C) groups is 1. The monoisotopic (exact) mass is 460 g/mol. The molecule has 2 aliphatic rings. The molecule has 0 atom stereocenters. The zero-order valence-corrected chi connectivity index (χ0v) is 18.9. The second-order valence-electron chi connectivity index (χ2n) is 7.85. The number of ether oxygens (including phenoxy) is 1. The van der Waals surface area contributed by atoms with Gasteiger partial charge in [-0.3, -0.25) is 19.3 Å². The van der Waals surface area contributed by atoms with Crippen LogP contribution in [0, 0.1) is 0 Å². The van der Waals surface area contributed by atoms with Crippen LogP contribution in [0.2, 0.25) is 0 Å². The Kier molecular flexibility index (Phi) is 6.53. The Bertz CT molecular complexity index is 1210. The summed E-state index contributed by atoms with van der Waals surface area (Å²) in [7, 11) is 0. The number of nitrogens with zero attached hydrogens (tertiary/aromatic N) is 2. The van der Waals surface area contributed by atoms with Gasteiger partial charge in [-0.1, -0.05) is 24.3 Å². The molecule has 9 nitrogen and oxygen atoms in total. The average Bonchev–Trinajstić information content (AvgIpc) is 3.05. The fraction of sp³-hybridized carbons (Fsp3) is 0.240. The van der Waals surface area contributed by atoms with E-state index in [-0.39, 0.29) is 49.2 Å². The molecule has 2 N–H and O–H groups in total. The van der Waals surface area contributed by atoms with Gasteiger partial charge in [-0.2, -0.15) is 0 Å². The molecule has 0 radical (unpaired) electrons. The first-order valence-corrected chi connectivity index (χ1v) is 10.9. The van der Waals surface area contributed by atoms with Crippen LogP contribution in [0.15, 0.2) is 64.8 Å². The highest BCUT2D eigenvalue weighted by molar-refractivity contribution is 6.25. The van der Waals surface area contributed by atoms with E-state index in [1.165, 1.54) is 4.90 Å². The standard InChI is InChI=1S/C25H24N4O5/c1-3-34-25(33)22-15(2)26-18-6-4-5-7-19(18)27-23(22)28-24(32)17-10-8-16(9-11-17)14-29-20(30)12-13-21(29)31/h4-11,26H,3,12-14H2,1-2H3,(H,27,28,32). The van der Waals surface area contributed by atoms with Gasteiger partial charge in [0.05, 0.1) is 24.5 Å². The third kappa shape index (κ3) is 4.73. The number of imide groups is 1. The molecule has 0 spiro atoms. The molecule has 1 fully saturated rings. The number of esters is 1. The summed E-state index contributed by atoms with van der Waals surface area (Å²) in [6.07, 6.45) is 0.463. The van der Waals surface area contributed by atoms with Crippen molar-refractivity contribution in [1.82, 2.24) is 10.2 Å². The number of amidine groups is 1. The number of likely N-dealkylation sites (tertiary alicyclic amines) is 1. The summed E-state index contributed by atoms with van der Waals surface area (Å²) in [6.45, 7) is 3.76. The topological polar surface area (TPSA) is 117 Å². The van der Waals surface area contributed by atoms with Gasteiger partial charge in [-0.15, -0.1) is 0 Å². The van der Waals surface area contributed by atoms with E-state index >= 15 is 0 Å². The predicted octanol–water partition coefficient (Wildman–Crippen LogP) is 3.06. The second kappa shape index (κ2) is 9.70. The minimum absolute atomic E-state index is 0.0794. The van der Waals surface area contributed by atoms with Gasteiger partial charge in [-0.25, -0.2) is 9.79 Å². The fourth-order valence-corrected chi connectivity index (χ4v) is 3.76. The molecule has 0 unspecified atom stereocenters. The zero-order valence-electron chi connectivity index (χ0n) is 18.9. The number of amides is 3. The van der Waals surface area contributed by atoms with E-state index in [1.807, 2.05) is 18.2 Å². The second-order valence-corrected chi connectivity index (χ2v) is 7.85. The van der Waals surface area contributed by atoms with Crippen LogP contribution in [0.1, 0.15) is 42.6 Å². The molecule has 174 valence electrons. The van der Waals surface area contributed by atoms with Crippen LogP contribution in [0.4, 0.5) is 11.4 Å². The molecule has 2 aromatic carbocycles. The van der Waals surface area contributed by atoms with Crippen molar-refractivity contribution in [3.05, 3.63) is 70.9 Å². The molecule has 0 saturated carbocycles. The van der Waals surface area contributed by atoms with Crippen LogP contribution in [-0.4, -0.2) is 41.0 Å². The van der Waals surface area contributed by atoms with Crippen LogP contribution in [0.25, 0.3) is 0 Å². The summed E-state index contributed by atoms with van der Waals surface area (Å²) in [5.41, 5.74) is 2.95. The number of carbonyl (C=O) groups is 4. The molecule has 2 heterocycles. The van der Waals surface area contributed by atoms with Crippen molar-refractivity contribution in [2.45, 2.75) is 33.2 Å². The molecule has 34 heavy (non-hydrogen) atoms. The van der Waals surface area contributed by atoms with Crippen LogP contribution >= 0.6 is 0 Å². The summed E-state index contributed by atoms with van der Waals surface area (Å²) in [5.74, 6) is -1.38. The van der Waals surface area contributed by atoms with Crippen molar-refractivity contribution in [3.8, 4) is 0 Å². The van der Waals surface area contributed by atoms with Gasteiger partial charge in [0.25, 0.3) is 5.91 Å². The number of anilines is 1. The van der Waals surface area contributed by atoms with Crippen LogP contribution in [0.5, 0.6) is 0 Å². The van der Waals surface area contributed by atoms with Crippen molar-refractivity contribution in [2.75, 3.05) is 11.9 Å². The first-order chi connectivity index (χ1) is 16.4. The molecule has 0 aliphatic carbocycles. The van der Waals surface area contributed by atoms with Gasteiger partial charge in [0.2, 0.25) is 11.8 Å². The summed E-state index contributed by atoms with van der Waals surface area (Å²) in [4.78, 5) is 55.1. The molecule has 2 aromatic rings. The van der Waals surface area contributed by atoms with Gasteiger partial charge in [0, 0.05) is 24.1 Å². The molecular weight excluding hydrogens is 436 g/mol. The first-order valence-electron chi connectivity index (χ1n) is 10.9. The lowest BCUT2D eigenvalue weighted by Gasteiger charge is -2.15. The lowest BCUT2D eigenvalue weighted by Crippen LogP contribution is -2.35. The van der Waals surface area contributed by atoms with Gasteiger partial charge in [0.15, 0.2) is 0 Å². The van der Waals surface area contributed by atoms with Crippen molar-refractivity contribution in [2.24, 2.45) is 4.99 Å². The first kappa shape index (κ1) is 22.9. The summed E-state index contributed by atoms with van der Waals surface area (Å²) >= 11 is 0. The van der Waals surface area contributed by atoms with Gasteiger partial charge >= 0.3 is 5.97 Å². The van der Waals surface area contributed by atoms with Crippen molar-refractivity contribution >= 4 is 40.9 Å². The van der Waals surface area contributed by atoms with Gasteiger partial charge in [0.1, 0.15) is 11.4 Å². The van der Waals surface area contributed by atoms with E-state index in [0.717, 1.165) is 5.56 Å². The Morgan fingerprint density at radius 1 is 1.06 bits per heavy atom. The largest absolute Gasteiger partial charge is 0.462 e. The molecule has 0 aromatic heterocycles. The quantitative estimate of drug-likeness (QED) is 0.523. The third-order valence-electron chi connectivity index (χ3n) is 5.49. The molecule has 2 aliphatic heterocycles. The number of rotatable bonds is 5. The Morgan fingerprint density at radius 3 is 2.41 bits per heavy atom. The van der Waals surface area contributed by atoms with Crippen LogP contribution < -0.4 is 10.6 Å². The number of nitrogens with one attached hydrogen (secondary N) is 2. The van der Waals surface area contributed by atoms with Crippen molar-refractivity contribution in [1.29, 1.82) is 0 Å². The maximum atomic E-state index is 13.0. The third-order valence-corrected chi connectivity index (χ3v) is 5.49. The number of para-hydroxylation sites is 2. The number of allylic oxidation sites excluding steroid dienone is 1. The Morgan fingerprint density at radius 2 is 1.74 bits per heavy atom. The highest BCUT2D eigenvalue weighted by atomic mass is 16.5. The SMILES string of the molecule is CCOC(=O)C1=C(C)Nc2ccccc2N=C1NC(=O)c1ccc(CN2C(=O)CCC2=O)cc1. The number of hydrogen-bond donors (Lipinski definition) is 2. The zero-order chi connectivity index (χ0) is 24.2. The summed E-state index contributed by atoms with van der Waals surface area (Å²) in [5, 5.41) is 5.89. The van der Waals surface area contributed by atoms with E-state index < -0.39 is 11.9 Å². The minimum Gasteiger partial charge on any atom is -0.462 e. The van der Waals surface area contributed by atoms with Crippen molar-refractivity contribution < 1.29 is 23.9 Å². The lowest BCUT2D eigenvalue weighted by molar-refractivity contribution is -0.139. The highest BCUT2D eigenvalue weighted by Crippen LogP contribution is 2.30. The van der Waals surface area contributed by atoms with E-state index in [9.17, 15) is 19.2 Å². The number of hydrogen-bond acceptors (Lipinski definition) is 7. The van der Waals surface area contributed by atoms with E-state index in [0.29, 0.717) is 22.6 Å². The minimum atomic E-state index is -0.602. The smallest absolute Gasteiger partial charge is 0.343 e. The summed E-state index contributed by atoms with van der Waals surface area (Å²) < 4.78 is 5.19. The van der Waals surface area contributed by atoms with Crippen LogP contribution in [-0.2, 0) is 25.7 Å². The molecule has 0 bridgehead atoms. The summed E-state index contributed by atoms with van der Waals surface area (Å²) in [6, 6.07) is 13.8. The van der Waals surface area contributed by atoms with Gasteiger partial charge in [-0.05, 0) is 43.7 Å². The Hall–Kier alpha value is -4.27. The van der Waals surface area contributed by atoms with Crippen LogP contribution in [0.3, 0.4) is 0 Å². The number of fused-ring (bicyclic) bond motifs is 1. The van der Waals surface area contributed by atoms with Crippen molar-refractivity contribution in [3.63, 3.8) is 0 Å². The number of benzene rings is 2. The van der Waals surface area contributed by atoms with E-state index in [1.54, 1.807) is 44.2 Å². The Balaban J connectivity index is 1.58. The normalized spacial score (nSPS) is 15.4. The van der Waals surface area contributed by atoms with Gasteiger partial charge < -0.3 is 15.4 Å². The fourth-order valence-electron chi connectivity index (χ4n) is 3.76. The number of carbonyl (C=O) groups excluding carboxylic acids is 4. The molecule has 4 rings (SSSR count). The highest BCUT2D eigenvalue weighted by Gasteiger charge is 2.29. The molecule has 1 saturated heterocycles. The Labute approximate surface area is 196 Å². The molecule has 9 heteroatoms. The lowest BCUT2D eigenvalue weighted by atomic mass is 10.1. The average molecular weight is 460 g/mol. The maximum Gasteiger partial charge on any atom is 0.343 e. The van der Waals surface area contributed by atoms with E-state index in [4.69, 9.17) is 4.74 Å². The predicted molar refractivity (Wildman–Crippen MR) is 125 cm³/mol. The molecule has 3 amide bonds. The maximum absolute atomic E-state index is 13.0. The molecular formula is C25H24N4O5. The van der Waals surface area contributed by atoms with E-state index in [2.05, 4.69) is 15.6 Å².